The molecule has 0 bridgehead atoms. The van der Waals surface area contributed by atoms with Gasteiger partial charge < -0.3 is 20.6 Å². The lowest BCUT2D eigenvalue weighted by molar-refractivity contribution is -0.138. The molecule has 8 nitrogen and oxygen atoms in total. The first-order chi connectivity index (χ1) is 9.76. The van der Waals surface area contributed by atoms with Gasteiger partial charge in [-0.25, -0.2) is 9.97 Å². The van der Waals surface area contributed by atoms with Crippen molar-refractivity contribution < 1.29 is 24.3 Å². The SMILES string of the molecule is N[C@@H](Cc1nc2ccccc2nc1CP(=O)(O)O)C(=O)O. The topological polar surface area (TPSA) is 147 Å². The highest BCUT2D eigenvalue weighted by atomic mass is 31.2. The molecule has 5 N–H and O–H groups in total. The van der Waals surface area contributed by atoms with Gasteiger partial charge in [-0.1, -0.05) is 12.1 Å². The monoisotopic (exact) mass is 311 g/mol. The number of para-hydroxylation sites is 2. The summed E-state index contributed by atoms with van der Waals surface area (Å²) < 4.78 is 11.2. The molecule has 112 valence electrons. The van der Waals surface area contributed by atoms with Gasteiger partial charge in [-0.2, -0.15) is 0 Å². The van der Waals surface area contributed by atoms with Crippen LogP contribution in [0.25, 0.3) is 11.0 Å². The summed E-state index contributed by atoms with van der Waals surface area (Å²) in [5.41, 5.74) is 6.71. The fourth-order valence-corrected chi connectivity index (χ4v) is 2.50. The summed E-state index contributed by atoms with van der Waals surface area (Å²) in [6, 6.07) is 5.59. The number of hydrogen-bond acceptors (Lipinski definition) is 5. The van der Waals surface area contributed by atoms with E-state index in [1.54, 1.807) is 24.3 Å². The number of rotatable bonds is 5. The van der Waals surface area contributed by atoms with E-state index in [-0.39, 0.29) is 17.8 Å². The molecule has 0 saturated heterocycles. The van der Waals surface area contributed by atoms with E-state index in [1.807, 2.05) is 0 Å². The standard InChI is InChI=1S/C12H14N3O5P/c13-7(12(16)17)5-10-11(6-21(18,19)20)15-9-4-2-1-3-8(9)14-10/h1-4,7H,5-6,13H2,(H,16,17)(H2,18,19,20)/t7-/m0/s1. The summed E-state index contributed by atoms with van der Waals surface area (Å²) in [5, 5.41) is 8.85. The zero-order valence-corrected chi connectivity index (χ0v) is 11.8. The maximum atomic E-state index is 11.2. The Labute approximate surface area is 119 Å². The fraction of sp³-hybridized carbons (Fsp3) is 0.250. The van der Waals surface area contributed by atoms with Crippen LogP contribution in [0, 0.1) is 0 Å². The lowest BCUT2D eigenvalue weighted by Crippen LogP contribution is -2.33. The number of carboxylic acids is 1. The van der Waals surface area contributed by atoms with E-state index in [0.29, 0.717) is 11.0 Å². The predicted octanol–water partition coefficient (Wildman–Crippen LogP) is 0.262. The summed E-state index contributed by atoms with van der Waals surface area (Å²) in [6.07, 6.45) is -0.755. The van der Waals surface area contributed by atoms with Crippen LogP contribution in [0.15, 0.2) is 24.3 Å². The van der Waals surface area contributed by atoms with Gasteiger partial charge in [-0.15, -0.1) is 0 Å². The second kappa shape index (κ2) is 5.87. The first-order valence-electron chi connectivity index (χ1n) is 6.04. The highest BCUT2D eigenvalue weighted by Crippen LogP contribution is 2.39. The van der Waals surface area contributed by atoms with Crippen molar-refractivity contribution in [1.29, 1.82) is 0 Å². The summed E-state index contributed by atoms with van der Waals surface area (Å²) in [6.45, 7) is 0. The molecule has 0 saturated carbocycles. The number of hydrogen-bond donors (Lipinski definition) is 4. The number of fused-ring (bicyclic) bond motifs is 1. The molecule has 0 fully saturated rings. The van der Waals surface area contributed by atoms with Gasteiger partial charge in [0, 0.05) is 6.42 Å². The van der Waals surface area contributed by atoms with Crippen LogP contribution < -0.4 is 5.73 Å². The minimum atomic E-state index is -4.35. The predicted molar refractivity (Wildman–Crippen MR) is 74.6 cm³/mol. The molecule has 1 heterocycles. The summed E-state index contributed by atoms with van der Waals surface area (Å²) >= 11 is 0. The number of carbonyl (C=O) groups is 1. The van der Waals surface area contributed by atoms with Crippen molar-refractivity contribution >= 4 is 24.6 Å². The van der Waals surface area contributed by atoms with Gasteiger partial charge in [0.05, 0.1) is 28.6 Å². The number of nitrogens with zero attached hydrogens (tertiary/aromatic N) is 2. The Morgan fingerprint density at radius 3 is 2.19 bits per heavy atom. The van der Waals surface area contributed by atoms with E-state index in [4.69, 9.17) is 20.6 Å². The van der Waals surface area contributed by atoms with Gasteiger partial charge in [0.15, 0.2) is 0 Å². The van der Waals surface area contributed by atoms with Crippen LogP contribution in [0.2, 0.25) is 0 Å². The zero-order valence-electron chi connectivity index (χ0n) is 10.9. The molecule has 2 rings (SSSR count). The number of aromatic nitrogens is 2. The van der Waals surface area contributed by atoms with Crippen LogP contribution in [-0.2, 0) is 21.9 Å². The van der Waals surface area contributed by atoms with E-state index in [1.165, 1.54) is 0 Å². The molecule has 9 heteroatoms. The maximum absolute atomic E-state index is 11.2. The highest BCUT2D eigenvalue weighted by molar-refractivity contribution is 7.50. The molecule has 0 aliphatic heterocycles. The van der Waals surface area contributed by atoms with Crippen LogP contribution in [0.1, 0.15) is 11.4 Å². The number of benzene rings is 1. The van der Waals surface area contributed by atoms with Crippen LogP contribution in [-0.4, -0.2) is 36.9 Å². The van der Waals surface area contributed by atoms with Crippen molar-refractivity contribution in [2.75, 3.05) is 0 Å². The Morgan fingerprint density at radius 2 is 1.71 bits per heavy atom. The second-order valence-electron chi connectivity index (χ2n) is 4.58. The fourth-order valence-electron chi connectivity index (χ4n) is 1.85. The summed E-state index contributed by atoms with van der Waals surface area (Å²) in [4.78, 5) is 37.5. The smallest absolute Gasteiger partial charge is 0.331 e. The van der Waals surface area contributed by atoms with Gasteiger partial charge in [0.2, 0.25) is 0 Å². The van der Waals surface area contributed by atoms with Crippen molar-refractivity contribution in [2.24, 2.45) is 5.73 Å². The first-order valence-corrected chi connectivity index (χ1v) is 7.83. The molecule has 2 aromatic rings. The summed E-state index contributed by atoms with van der Waals surface area (Å²) in [5.74, 6) is -1.22. The van der Waals surface area contributed by atoms with Gasteiger partial charge >= 0.3 is 13.6 Å². The number of nitrogens with two attached hydrogens (primary N) is 1. The first kappa shape index (κ1) is 15.5. The van der Waals surface area contributed by atoms with E-state index in [0.717, 1.165) is 0 Å². The molecule has 1 atom stereocenters. The summed E-state index contributed by atoms with van der Waals surface area (Å²) in [7, 11) is -4.35. The van der Waals surface area contributed by atoms with E-state index < -0.39 is 25.8 Å². The average Bonchev–Trinajstić information content (AvgIpc) is 2.37. The van der Waals surface area contributed by atoms with Crippen LogP contribution in [0.4, 0.5) is 0 Å². The van der Waals surface area contributed by atoms with Crippen molar-refractivity contribution in [3.05, 3.63) is 35.7 Å². The Balaban J connectivity index is 2.50. The molecule has 0 aliphatic rings. The Hall–Kier alpha value is -1.86. The van der Waals surface area contributed by atoms with Crippen molar-refractivity contribution in [3.8, 4) is 0 Å². The molecule has 1 aromatic carbocycles. The minimum Gasteiger partial charge on any atom is -0.480 e. The van der Waals surface area contributed by atoms with Crippen LogP contribution in [0.5, 0.6) is 0 Å². The van der Waals surface area contributed by atoms with Crippen molar-refractivity contribution in [2.45, 2.75) is 18.6 Å². The van der Waals surface area contributed by atoms with E-state index >= 15 is 0 Å². The van der Waals surface area contributed by atoms with Gasteiger partial charge in [-0.05, 0) is 12.1 Å². The molecule has 0 radical (unpaired) electrons. The Kier molecular flexibility index (Phi) is 4.34. The van der Waals surface area contributed by atoms with Crippen molar-refractivity contribution in [3.63, 3.8) is 0 Å². The van der Waals surface area contributed by atoms with Crippen LogP contribution >= 0.6 is 7.60 Å². The maximum Gasteiger partial charge on any atom is 0.331 e. The third kappa shape index (κ3) is 4.05. The van der Waals surface area contributed by atoms with E-state index in [9.17, 15) is 9.36 Å². The third-order valence-electron chi connectivity index (χ3n) is 2.81. The number of carboxylic acid groups (broad SMARTS) is 1. The largest absolute Gasteiger partial charge is 0.480 e. The lowest BCUT2D eigenvalue weighted by Gasteiger charge is -2.12. The number of aliphatic carboxylic acids is 1. The molecule has 1 aromatic heterocycles. The Morgan fingerprint density at radius 1 is 1.19 bits per heavy atom. The Bertz CT molecular complexity index is 730. The lowest BCUT2D eigenvalue weighted by atomic mass is 10.1. The molecule has 0 unspecified atom stereocenters. The molecular weight excluding hydrogens is 297 g/mol. The minimum absolute atomic E-state index is 0.0683. The average molecular weight is 311 g/mol. The molecular formula is C12H14N3O5P. The van der Waals surface area contributed by atoms with E-state index in [2.05, 4.69) is 9.97 Å². The molecule has 21 heavy (non-hydrogen) atoms. The van der Waals surface area contributed by atoms with Gasteiger partial charge in [-0.3, -0.25) is 9.36 Å². The molecule has 0 amide bonds. The van der Waals surface area contributed by atoms with Crippen LogP contribution in [0.3, 0.4) is 0 Å². The van der Waals surface area contributed by atoms with Gasteiger partial charge in [0.25, 0.3) is 0 Å². The van der Waals surface area contributed by atoms with Gasteiger partial charge in [0.1, 0.15) is 6.04 Å². The molecule has 0 aliphatic carbocycles. The zero-order chi connectivity index (χ0) is 15.6. The quantitative estimate of drug-likeness (QED) is 0.575. The second-order valence-corrected chi connectivity index (χ2v) is 6.22. The molecule has 0 spiro atoms. The van der Waals surface area contributed by atoms with Crippen molar-refractivity contribution in [1.82, 2.24) is 9.97 Å². The third-order valence-corrected chi connectivity index (χ3v) is 3.52. The normalized spacial score (nSPS) is 13.3. The highest BCUT2D eigenvalue weighted by Gasteiger charge is 2.22.